The zero-order valence-corrected chi connectivity index (χ0v) is 15.9. The summed E-state index contributed by atoms with van der Waals surface area (Å²) in [5.74, 6) is 1.07. The molecule has 2 fully saturated rings. The lowest BCUT2D eigenvalue weighted by Crippen LogP contribution is -2.38. The number of hydrogen-bond donors (Lipinski definition) is 0. The summed E-state index contributed by atoms with van der Waals surface area (Å²) < 4.78 is 34.9. The maximum atomic E-state index is 12.1. The fraction of sp³-hybridized carbons (Fsp3) is 0.500. The molecule has 1 amide bonds. The average molecular weight is 384 g/mol. The number of benzene rings is 1. The van der Waals surface area contributed by atoms with Gasteiger partial charge in [-0.3, -0.25) is 4.79 Å². The van der Waals surface area contributed by atoms with E-state index in [2.05, 4.69) is 4.99 Å². The van der Waals surface area contributed by atoms with Crippen LogP contribution in [0.25, 0.3) is 0 Å². The highest BCUT2D eigenvalue weighted by Gasteiger charge is 2.50. The van der Waals surface area contributed by atoms with E-state index in [1.807, 2.05) is 4.90 Å². The second-order valence-corrected chi connectivity index (χ2v) is 9.21. The van der Waals surface area contributed by atoms with Crippen LogP contribution in [0.4, 0.5) is 5.69 Å². The van der Waals surface area contributed by atoms with Crippen LogP contribution in [-0.2, 0) is 14.6 Å². The van der Waals surface area contributed by atoms with Gasteiger partial charge in [0.05, 0.1) is 37.5 Å². The van der Waals surface area contributed by atoms with Gasteiger partial charge in [0.2, 0.25) is 5.91 Å². The molecule has 0 bridgehead atoms. The monoisotopic (exact) mass is 384 g/mol. The Bertz CT molecular complexity index is 822. The molecular weight excluding hydrogens is 364 g/mol. The maximum Gasteiger partial charge on any atom is 0.247 e. The highest BCUT2D eigenvalue weighted by Crippen LogP contribution is 2.44. The number of rotatable bonds is 4. The van der Waals surface area contributed by atoms with E-state index in [1.54, 1.807) is 39.3 Å². The van der Waals surface area contributed by atoms with Crippen molar-refractivity contribution in [3.8, 4) is 11.5 Å². The summed E-state index contributed by atoms with van der Waals surface area (Å²) in [6.07, 6.45) is 0.292. The molecule has 0 saturated carbocycles. The van der Waals surface area contributed by atoms with Crippen LogP contribution in [0.15, 0.2) is 23.2 Å². The van der Waals surface area contributed by atoms with Crippen LogP contribution < -0.4 is 14.4 Å². The normalized spacial score (nSPS) is 25.9. The highest BCUT2D eigenvalue weighted by atomic mass is 32.2. The number of thioether (sulfide) groups is 1. The predicted octanol–water partition coefficient (Wildman–Crippen LogP) is 1.72. The van der Waals surface area contributed by atoms with Crippen LogP contribution >= 0.6 is 11.8 Å². The van der Waals surface area contributed by atoms with Crippen molar-refractivity contribution >= 4 is 38.4 Å². The minimum Gasteiger partial charge on any atom is -0.497 e. The van der Waals surface area contributed by atoms with Crippen molar-refractivity contribution in [2.75, 3.05) is 30.6 Å². The first-order valence-electron chi connectivity index (χ1n) is 7.88. The average Bonchev–Trinajstić information content (AvgIpc) is 3.04. The Balaban J connectivity index is 2.11. The summed E-state index contributed by atoms with van der Waals surface area (Å²) in [6.45, 7) is 1.74. The molecule has 0 aliphatic carbocycles. The van der Waals surface area contributed by atoms with Crippen molar-refractivity contribution in [3.63, 3.8) is 0 Å². The van der Waals surface area contributed by atoms with Crippen molar-refractivity contribution in [2.24, 2.45) is 4.99 Å². The van der Waals surface area contributed by atoms with Gasteiger partial charge in [0, 0.05) is 17.7 Å². The molecule has 2 aliphatic rings. The number of methoxy groups -OCH3 is 2. The van der Waals surface area contributed by atoms with Crippen LogP contribution in [0.3, 0.4) is 0 Å². The smallest absolute Gasteiger partial charge is 0.247 e. The molecule has 3 rings (SSSR count). The molecule has 1 aromatic carbocycles. The van der Waals surface area contributed by atoms with Crippen LogP contribution in [0.1, 0.15) is 13.3 Å². The van der Waals surface area contributed by atoms with Gasteiger partial charge in [-0.15, -0.1) is 0 Å². The van der Waals surface area contributed by atoms with Gasteiger partial charge in [-0.25, -0.2) is 8.42 Å². The molecule has 0 unspecified atom stereocenters. The van der Waals surface area contributed by atoms with E-state index in [1.165, 1.54) is 11.8 Å². The van der Waals surface area contributed by atoms with Crippen molar-refractivity contribution in [3.05, 3.63) is 18.2 Å². The number of nitrogens with zero attached hydrogens (tertiary/aromatic N) is 2. The standard InChI is InChI=1S/C16H20N2O5S2/c1-4-15(19)17-16-18(12-8-25(20,21)9-14(12)24-16)11-7-10(22-2)5-6-13(11)23-3/h5-7,12,14H,4,8-9H2,1-3H3/t12-,14-/m0/s1. The summed E-state index contributed by atoms with van der Waals surface area (Å²) in [7, 11) is -0.00830. The van der Waals surface area contributed by atoms with Gasteiger partial charge in [-0.05, 0) is 12.1 Å². The number of carbonyl (C=O) groups excluding carboxylic acids is 1. The molecule has 0 radical (unpaired) electrons. The molecule has 7 nitrogen and oxygen atoms in total. The Morgan fingerprint density at radius 1 is 1.32 bits per heavy atom. The summed E-state index contributed by atoms with van der Waals surface area (Å²) in [6, 6.07) is 5.02. The van der Waals surface area contributed by atoms with Crippen molar-refractivity contribution in [1.29, 1.82) is 0 Å². The number of amidine groups is 1. The van der Waals surface area contributed by atoms with E-state index in [0.717, 1.165) is 0 Å². The zero-order valence-electron chi connectivity index (χ0n) is 14.3. The lowest BCUT2D eigenvalue weighted by atomic mass is 10.2. The number of amides is 1. The molecule has 0 N–H and O–H groups in total. The molecule has 0 aromatic heterocycles. The van der Waals surface area contributed by atoms with Gasteiger partial charge in [0.25, 0.3) is 0 Å². The number of sulfone groups is 1. The summed E-state index contributed by atoms with van der Waals surface area (Å²) in [4.78, 5) is 17.9. The minimum absolute atomic E-state index is 0.0321. The van der Waals surface area contributed by atoms with E-state index in [-0.39, 0.29) is 28.7 Å². The predicted molar refractivity (Wildman–Crippen MR) is 98.6 cm³/mol. The van der Waals surface area contributed by atoms with Gasteiger partial charge in [-0.1, -0.05) is 18.7 Å². The molecule has 2 heterocycles. The third-order valence-electron chi connectivity index (χ3n) is 4.23. The van der Waals surface area contributed by atoms with Crippen LogP contribution in [-0.4, -0.2) is 56.5 Å². The van der Waals surface area contributed by atoms with Gasteiger partial charge in [0.15, 0.2) is 15.0 Å². The molecule has 2 saturated heterocycles. The van der Waals surface area contributed by atoms with Crippen molar-refractivity contribution < 1.29 is 22.7 Å². The molecule has 25 heavy (non-hydrogen) atoms. The van der Waals surface area contributed by atoms with E-state index in [4.69, 9.17) is 9.47 Å². The number of carbonyl (C=O) groups is 1. The molecular formula is C16H20N2O5S2. The largest absolute Gasteiger partial charge is 0.497 e. The van der Waals surface area contributed by atoms with Gasteiger partial charge in [-0.2, -0.15) is 4.99 Å². The highest BCUT2D eigenvalue weighted by molar-refractivity contribution is 8.16. The zero-order chi connectivity index (χ0) is 18.2. The van der Waals surface area contributed by atoms with E-state index in [9.17, 15) is 13.2 Å². The Labute approximate surface area is 151 Å². The minimum atomic E-state index is -3.11. The van der Waals surface area contributed by atoms with Crippen molar-refractivity contribution in [2.45, 2.75) is 24.6 Å². The van der Waals surface area contributed by atoms with Crippen molar-refractivity contribution in [1.82, 2.24) is 0 Å². The van der Waals surface area contributed by atoms with Gasteiger partial charge >= 0.3 is 0 Å². The van der Waals surface area contributed by atoms with E-state index < -0.39 is 9.84 Å². The number of hydrogen-bond acceptors (Lipinski definition) is 6. The molecule has 9 heteroatoms. The fourth-order valence-electron chi connectivity index (χ4n) is 3.02. The lowest BCUT2D eigenvalue weighted by molar-refractivity contribution is -0.117. The topological polar surface area (TPSA) is 85.3 Å². The molecule has 2 aliphatic heterocycles. The fourth-order valence-corrected chi connectivity index (χ4v) is 6.94. The van der Waals surface area contributed by atoms with E-state index in [0.29, 0.717) is 28.8 Å². The Hall–Kier alpha value is -1.74. The maximum absolute atomic E-state index is 12.1. The summed E-state index contributed by atoms with van der Waals surface area (Å²) in [5.41, 5.74) is 0.654. The SMILES string of the molecule is CCC(=O)N=C1S[C@H]2CS(=O)(=O)C[C@@H]2N1c1cc(OC)ccc1OC. The Morgan fingerprint density at radius 2 is 2.08 bits per heavy atom. The third kappa shape index (κ3) is 3.48. The van der Waals surface area contributed by atoms with Gasteiger partial charge < -0.3 is 14.4 Å². The number of ether oxygens (including phenoxy) is 2. The number of fused-ring (bicyclic) bond motifs is 1. The Morgan fingerprint density at radius 3 is 2.72 bits per heavy atom. The molecule has 2 atom stereocenters. The first kappa shape index (κ1) is 18.1. The first-order chi connectivity index (χ1) is 11.9. The van der Waals surface area contributed by atoms with Crippen LogP contribution in [0.2, 0.25) is 0 Å². The first-order valence-corrected chi connectivity index (χ1v) is 10.6. The third-order valence-corrected chi connectivity index (χ3v) is 7.44. The Kier molecular flexibility index (Phi) is 4.97. The second-order valence-electron chi connectivity index (χ2n) is 5.85. The van der Waals surface area contributed by atoms with Crippen LogP contribution in [0, 0.1) is 0 Å². The second kappa shape index (κ2) is 6.87. The van der Waals surface area contributed by atoms with Gasteiger partial charge in [0.1, 0.15) is 11.5 Å². The number of aliphatic imine (C=N–C) groups is 1. The van der Waals surface area contributed by atoms with E-state index >= 15 is 0 Å². The number of anilines is 1. The molecule has 1 aromatic rings. The summed E-state index contributed by atoms with van der Waals surface area (Å²) in [5, 5.41) is 0.368. The molecule has 0 spiro atoms. The lowest BCUT2D eigenvalue weighted by Gasteiger charge is -2.26. The quantitative estimate of drug-likeness (QED) is 0.781. The molecule has 136 valence electrons. The van der Waals surface area contributed by atoms with Crippen LogP contribution in [0.5, 0.6) is 11.5 Å². The summed E-state index contributed by atoms with van der Waals surface area (Å²) >= 11 is 1.34.